The van der Waals surface area contributed by atoms with Gasteiger partial charge in [0.2, 0.25) is 0 Å². The van der Waals surface area contributed by atoms with Crippen LogP contribution < -0.4 is 10.1 Å². The van der Waals surface area contributed by atoms with Crippen molar-refractivity contribution in [1.29, 1.82) is 0 Å². The molecule has 0 aliphatic rings. The zero-order chi connectivity index (χ0) is 16.2. The Hall–Kier alpha value is -1.38. The fraction of sp³-hybridized carbons (Fsp3) is 0.333. The van der Waals surface area contributed by atoms with Crippen molar-refractivity contribution in [3.8, 4) is 5.75 Å². The fourth-order valence-corrected chi connectivity index (χ4v) is 2.47. The third kappa shape index (κ3) is 4.56. The van der Waals surface area contributed by atoms with Crippen LogP contribution in [0.25, 0.3) is 0 Å². The number of ether oxygens (including phenoxy) is 1. The summed E-state index contributed by atoms with van der Waals surface area (Å²) in [7, 11) is 0. The molecule has 2 aromatic carbocycles. The monoisotopic (exact) mass is 337 g/mol. The second-order valence-corrected chi connectivity index (χ2v) is 6.96. The SMILES string of the molecule is CC(C)(C)c1ccccc1OCCNc1ccc(Cl)c(Cl)c1. The van der Waals surface area contributed by atoms with E-state index in [1.54, 1.807) is 6.07 Å². The van der Waals surface area contributed by atoms with Gasteiger partial charge in [-0.25, -0.2) is 0 Å². The summed E-state index contributed by atoms with van der Waals surface area (Å²) < 4.78 is 5.92. The molecule has 0 atom stereocenters. The lowest BCUT2D eigenvalue weighted by Gasteiger charge is -2.22. The molecule has 0 bridgehead atoms. The Kier molecular flexibility index (Phi) is 5.60. The third-order valence-electron chi connectivity index (χ3n) is 3.30. The molecule has 0 unspecified atom stereocenters. The number of hydrogen-bond donors (Lipinski definition) is 1. The minimum Gasteiger partial charge on any atom is -0.491 e. The van der Waals surface area contributed by atoms with Gasteiger partial charge in [0.1, 0.15) is 12.4 Å². The van der Waals surface area contributed by atoms with Crippen LogP contribution in [0.2, 0.25) is 10.0 Å². The van der Waals surface area contributed by atoms with Crippen molar-refractivity contribution < 1.29 is 4.74 Å². The van der Waals surface area contributed by atoms with Crippen molar-refractivity contribution in [2.24, 2.45) is 0 Å². The molecule has 1 N–H and O–H groups in total. The normalized spacial score (nSPS) is 11.3. The fourth-order valence-electron chi connectivity index (χ4n) is 2.17. The highest BCUT2D eigenvalue weighted by molar-refractivity contribution is 6.42. The third-order valence-corrected chi connectivity index (χ3v) is 4.04. The molecule has 2 aromatic rings. The Labute approximate surface area is 142 Å². The highest BCUT2D eigenvalue weighted by Gasteiger charge is 2.18. The van der Waals surface area contributed by atoms with Gasteiger partial charge in [-0.1, -0.05) is 62.2 Å². The number of para-hydroxylation sites is 1. The molecule has 22 heavy (non-hydrogen) atoms. The van der Waals surface area contributed by atoms with E-state index >= 15 is 0 Å². The van der Waals surface area contributed by atoms with E-state index < -0.39 is 0 Å². The number of benzene rings is 2. The minimum atomic E-state index is 0.0632. The van der Waals surface area contributed by atoms with Gasteiger partial charge >= 0.3 is 0 Å². The standard InChI is InChI=1S/C18H21Cl2NO/c1-18(2,3)14-6-4-5-7-17(14)22-11-10-21-13-8-9-15(19)16(20)12-13/h4-9,12,21H,10-11H2,1-3H3. The van der Waals surface area contributed by atoms with E-state index in [9.17, 15) is 0 Å². The summed E-state index contributed by atoms with van der Waals surface area (Å²) in [5, 5.41) is 4.38. The van der Waals surface area contributed by atoms with Crippen LogP contribution in [0.15, 0.2) is 42.5 Å². The first-order valence-electron chi connectivity index (χ1n) is 7.29. The lowest BCUT2D eigenvalue weighted by Crippen LogP contribution is -2.16. The number of halogens is 2. The first-order valence-corrected chi connectivity index (χ1v) is 8.05. The smallest absolute Gasteiger partial charge is 0.123 e. The van der Waals surface area contributed by atoms with Gasteiger partial charge in [0.15, 0.2) is 0 Å². The van der Waals surface area contributed by atoms with Gasteiger partial charge in [-0.15, -0.1) is 0 Å². The van der Waals surface area contributed by atoms with E-state index in [0.29, 0.717) is 23.2 Å². The van der Waals surface area contributed by atoms with Crippen LogP contribution in [0.1, 0.15) is 26.3 Å². The molecule has 0 saturated carbocycles. The summed E-state index contributed by atoms with van der Waals surface area (Å²) >= 11 is 11.9. The van der Waals surface area contributed by atoms with Gasteiger partial charge in [-0.2, -0.15) is 0 Å². The van der Waals surface area contributed by atoms with Gasteiger partial charge in [0, 0.05) is 12.2 Å². The zero-order valence-corrected chi connectivity index (χ0v) is 14.6. The maximum atomic E-state index is 5.99. The van der Waals surface area contributed by atoms with Gasteiger partial charge in [-0.3, -0.25) is 0 Å². The molecule has 0 heterocycles. The van der Waals surface area contributed by atoms with E-state index in [1.807, 2.05) is 30.3 Å². The molecule has 0 radical (unpaired) electrons. The number of anilines is 1. The first-order chi connectivity index (χ1) is 10.4. The molecule has 0 saturated heterocycles. The summed E-state index contributed by atoms with van der Waals surface area (Å²) in [6.45, 7) is 7.82. The van der Waals surface area contributed by atoms with E-state index in [4.69, 9.17) is 27.9 Å². The first kappa shape index (κ1) is 17.0. The van der Waals surface area contributed by atoms with Crippen molar-refractivity contribution in [2.45, 2.75) is 26.2 Å². The molecule has 0 amide bonds. The summed E-state index contributed by atoms with van der Waals surface area (Å²) in [5.74, 6) is 0.936. The zero-order valence-electron chi connectivity index (χ0n) is 13.1. The lowest BCUT2D eigenvalue weighted by atomic mass is 9.86. The largest absolute Gasteiger partial charge is 0.491 e. The van der Waals surface area contributed by atoms with Crippen molar-refractivity contribution in [3.63, 3.8) is 0 Å². The van der Waals surface area contributed by atoms with E-state index in [0.717, 1.165) is 11.4 Å². The van der Waals surface area contributed by atoms with Gasteiger partial charge in [-0.05, 0) is 35.2 Å². The Morgan fingerprint density at radius 2 is 1.73 bits per heavy atom. The summed E-state index contributed by atoms with van der Waals surface area (Å²) in [6.07, 6.45) is 0. The van der Waals surface area contributed by atoms with Crippen LogP contribution >= 0.6 is 23.2 Å². The summed E-state index contributed by atoms with van der Waals surface area (Å²) in [5.41, 5.74) is 2.21. The average Bonchev–Trinajstić information content (AvgIpc) is 2.46. The average molecular weight is 338 g/mol. The number of hydrogen-bond acceptors (Lipinski definition) is 2. The van der Waals surface area contributed by atoms with Crippen molar-refractivity contribution in [2.75, 3.05) is 18.5 Å². The molecule has 0 aliphatic carbocycles. The Morgan fingerprint density at radius 3 is 2.41 bits per heavy atom. The van der Waals surface area contributed by atoms with Crippen LogP contribution in [0, 0.1) is 0 Å². The van der Waals surface area contributed by atoms with E-state index in [-0.39, 0.29) is 5.41 Å². The van der Waals surface area contributed by atoms with E-state index in [1.165, 1.54) is 5.56 Å². The molecule has 2 nitrogen and oxygen atoms in total. The molecule has 118 valence electrons. The number of nitrogens with one attached hydrogen (secondary N) is 1. The van der Waals surface area contributed by atoms with Crippen LogP contribution in [0.3, 0.4) is 0 Å². The minimum absolute atomic E-state index is 0.0632. The highest BCUT2D eigenvalue weighted by atomic mass is 35.5. The Balaban J connectivity index is 1.90. The molecule has 0 spiro atoms. The van der Waals surface area contributed by atoms with Crippen LogP contribution in [-0.2, 0) is 5.41 Å². The van der Waals surface area contributed by atoms with Gasteiger partial charge in [0.25, 0.3) is 0 Å². The maximum absolute atomic E-state index is 5.99. The molecular weight excluding hydrogens is 317 g/mol. The predicted molar refractivity (Wildman–Crippen MR) is 95.6 cm³/mol. The van der Waals surface area contributed by atoms with Crippen LogP contribution in [0.5, 0.6) is 5.75 Å². The quantitative estimate of drug-likeness (QED) is 0.698. The van der Waals surface area contributed by atoms with Crippen molar-refractivity contribution >= 4 is 28.9 Å². The number of rotatable bonds is 5. The molecule has 0 aromatic heterocycles. The van der Waals surface area contributed by atoms with E-state index in [2.05, 4.69) is 32.2 Å². The Bertz CT molecular complexity index is 635. The molecule has 0 fully saturated rings. The second kappa shape index (κ2) is 7.26. The summed E-state index contributed by atoms with van der Waals surface area (Å²) in [4.78, 5) is 0. The molecule has 4 heteroatoms. The Morgan fingerprint density at radius 1 is 1.00 bits per heavy atom. The molecule has 2 rings (SSSR count). The predicted octanol–water partition coefficient (Wildman–Crippen LogP) is 5.78. The van der Waals surface area contributed by atoms with Crippen molar-refractivity contribution in [3.05, 3.63) is 58.1 Å². The topological polar surface area (TPSA) is 21.3 Å². The van der Waals surface area contributed by atoms with Crippen LogP contribution in [0.4, 0.5) is 5.69 Å². The van der Waals surface area contributed by atoms with Gasteiger partial charge in [0.05, 0.1) is 10.0 Å². The van der Waals surface area contributed by atoms with Gasteiger partial charge < -0.3 is 10.1 Å². The summed E-state index contributed by atoms with van der Waals surface area (Å²) in [6, 6.07) is 13.7. The van der Waals surface area contributed by atoms with Crippen LogP contribution in [-0.4, -0.2) is 13.2 Å². The van der Waals surface area contributed by atoms with Crippen molar-refractivity contribution in [1.82, 2.24) is 0 Å². The molecule has 0 aliphatic heterocycles. The maximum Gasteiger partial charge on any atom is 0.123 e. The lowest BCUT2D eigenvalue weighted by molar-refractivity contribution is 0.323. The molecular formula is C18H21Cl2NO. The second-order valence-electron chi connectivity index (χ2n) is 6.15. The highest BCUT2D eigenvalue weighted by Crippen LogP contribution is 2.31.